The van der Waals surface area contributed by atoms with E-state index >= 15 is 0 Å². The number of carbonyl (C=O) groups excluding carboxylic acids is 2. The highest BCUT2D eigenvalue weighted by atomic mass is 35.5. The number of rotatable bonds is 5. The molecule has 1 aliphatic heterocycles. The monoisotopic (exact) mass is 323 g/mol. The Morgan fingerprint density at radius 2 is 2.18 bits per heavy atom. The van der Waals surface area contributed by atoms with Crippen LogP contribution in [-0.4, -0.2) is 42.9 Å². The predicted octanol–water partition coefficient (Wildman–Crippen LogP) is 1.73. The molecule has 120 valence electrons. The molecule has 1 atom stereocenters. The molecule has 1 saturated heterocycles. The maximum absolute atomic E-state index is 12.4. The van der Waals surface area contributed by atoms with Gasteiger partial charge in [0.2, 0.25) is 11.8 Å². The number of nitrogens with one attached hydrogen (secondary N) is 2. The lowest BCUT2D eigenvalue weighted by molar-refractivity contribution is -0.135. The number of benzene rings is 1. The first-order valence-corrected chi connectivity index (χ1v) is 8.02. The molecular weight excluding hydrogens is 302 g/mol. The fraction of sp³-hybridized carbons (Fsp3) is 0.500. The van der Waals surface area contributed by atoms with E-state index in [4.69, 9.17) is 11.6 Å². The zero-order chi connectivity index (χ0) is 15.9. The minimum Gasteiger partial charge on any atom is -0.347 e. The van der Waals surface area contributed by atoms with E-state index in [1.54, 1.807) is 4.90 Å². The van der Waals surface area contributed by atoms with Crippen LogP contribution in [-0.2, 0) is 9.59 Å². The van der Waals surface area contributed by atoms with E-state index < -0.39 is 0 Å². The average molecular weight is 324 g/mol. The Bertz CT molecular complexity index is 536. The molecule has 0 radical (unpaired) electrons. The second-order valence-corrected chi connectivity index (χ2v) is 5.76. The van der Waals surface area contributed by atoms with E-state index in [0.29, 0.717) is 24.5 Å². The van der Waals surface area contributed by atoms with E-state index in [-0.39, 0.29) is 24.4 Å². The van der Waals surface area contributed by atoms with E-state index in [1.807, 2.05) is 31.2 Å². The average Bonchev–Trinajstić information content (AvgIpc) is 2.53. The fourth-order valence-electron chi connectivity index (χ4n) is 2.62. The molecule has 1 aromatic rings. The van der Waals surface area contributed by atoms with Crippen LogP contribution < -0.4 is 10.6 Å². The van der Waals surface area contributed by atoms with Gasteiger partial charge in [0.15, 0.2) is 0 Å². The van der Waals surface area contributed by atoms with Gasteiger partial charge in [0.05, 0.1) is 12.6 Å². The van der Waals surface area contributed by atoms with Crippen LogP contribution in [0.1, 0.15) is 31.4 Å². The predicted molar refractivity (Wildman–Crippen MR) is 86.7 cm³/mol. The van der Waals surface area contributed by atoms with Crippen molar-refractivity contribution in [3.05, 3.63) is 34.9 Å². The summed E-state index contributed by atoms with van der Waals surface area (Å²) in [5, 5.41) is 6.63. The Kier molecular flexibility index (Phi) is 6.21. The molecule has 0 spiro atoms. The Labute approximate surface area is 136 Å². The van der Waals surface area contributed by atoms with Gasteiger partial charge in [-0.05, 0) is 18.1 Å². The molecule has 2 amide bonds. The van der Waals surface area contributed by atoms with Gasteiger partial charge in [-0.25, -0.2) is 0 Å². The molecule has 1 aromatic carbocycles. The molecule has 0 aliphatic carbocycles. The zero-order valence-corrected chi connectivity index (χ0v) is 13.5. The number of halogens is 1. The Morgan fingerprint density at radius 1 is 1.41 bits per heavy atom. The van der Waals surface area contributed by atoms with Crippen molar-refractivity contribution in [1.82, 2.24) is 15.5 Å². The van der Waals surface area contributed by atoms with E-state index in [1.165, 1.54) is 0 Å². The topological polar surface area (TPSA) is 61.4 Å². The van der Waals surface area contributed by atoms with Crippen LogP contribution in [0.3, 0.4) is 0 Å². The molecule has 0 aromatic heterocycles. The van der Waals surface area contributed by atoms with Gasteiger partial charge < -0.3 is 15.5 Å². The molecule has 1 fully saturated rings. The largest absolute Gasteiger partial charge is 0.347 e. The van der Waals surface area contributed by atoms with Gasteiger partial charge in [-0.15, -0.1) is 0 Å². The quantitative estimate of drug-likeness (QED) is 0.867. The van der Waals surface area contributed by atoms with Crippen LogP contribution in [0, 0.1) is 0 Å². The fourth-order valence-corrected chi connectivity index (χ4v) is 2.88. The molecule has 2 N–H and O–H groups in total. The van der Waals surface area contributed by atoms with Crippen molar-refractivity contribution in [2.45, 2.75) is 25.8 Å². The van der Waals surface area contributed by atoms with Gasteiger partial charge in [0.1, 0.15) is 0 Å². The Hall–Kier alpha value is -1.59. The van der Waals surface area contributed by atoms with Crippen LogP contribution in [0.15, 0.2) is 24.3 Å². The van der Waals surface area contributed by atoms with Crippen molar-refractivity contribution in [3.8, 4) is 0 Å². The van der Waals surface area contributed by atoms with Crippen LogP contribution in [0.5, 0.6) is 0 Å². The highest BCUT2D eigenvalue weighted by Crippen LogP contribution is 2.28. The van der Waals surface area contributed by atoms with E-state index in [9.17, 15) is 9.59 Å². The number of hydrogen-bond donors (Lipinski definition) is 2. The van der Waals surface area contributed by atoms with Gasteiger partial charge in [-0.3, -0.25) is 9.59 Å². The highest BCUT2D eigenvalue weighted by Gasteiger charge is 2.28. The summed E-state index contributed by atoms with van der Waals surface area (Å²) in [6.45, 7) is 4.00. The minimum atomic E-state index is -0.0990. The van der Waals surface area contributed by atoms with Gasteiger partial charge in [-0.2, -0.15) is 0 Å². The SMILES string of the molecule is CCCC(=O)NCC(=O)N1CCNCC1c1ccccc1Cl. The third-order valence-corrected chi connectivity index (χ3v) is 4.09. The second-order valence-electron chi connectivity index (χ2n) is 5.36. The Balaban J connectivity index is 2.05. The summed E-state index contributed by atoms with van der Waals surface area (Å²) in [6.07, 6.45) is 1.22. The molecule has 6 heteroatoms. The van der Waals surface area contributed by atoms with Crippen molar-refractivity contribution in [1.29, 1.82) is 0 Å². The van der Waals surface area contributed by atoms with Gasteiger partial charge >= 0.3 is 0 Å². The van der Waals surface area contributed by atoms with Crippen molar-refractivity contribution >= 4 is 23.4 Å². The summed E-state index contributed by atoms with van der Waals surface area (Å²) >= 11 is 6.26. The molecule has 1 unspecified atom stereocenters. The van der Waals surface area contributed by atoms with Crippen LogP contribution in [0.2, 0.25) is 5.02 Å². The lowest BCUT2D eigenvalue weighted by atomic mass is 10.0. The summed E-state index contributed by atoms with van der Waals surface area (Å²) in [5.74, 6) is -0.156. The summed E-state index contributed by atoms with van der Waals surface area (Å²) in [4.78, 5) is 25.8. The summed E-state index contributed by atoms with van der Waals surface area (Å²) in [7, 11) is 0. The maximum atomic E-state index is 12.4. The molecule has 5 nitrogen and oxygen atoms in total. The first kappa shape index (κ1) is 16.8. The smallest absolute Gasteiger partial charge is 0.242 e. The van der Waals surface area contributed by atoms with E-state index in [2.05, 4.69) is 10.6 Å². The van der Waals surface area contributed by atoms with Crippen LogP contribution >= 0.6 is 11.6 Å². The minimum absolute atomic E-state index is 0.0415. The van der Waals surface area contributed by atoms with Crippen molar-refractivity contribution in [3.63, 3.8) is 0 Å². The van der Waals surface area contributed by atoms with E-state index in [0.717, 1.165) is 18.5 Å². The first-order valence-electron chi connectivity index (χ1n) is 7.64. The number of nitrogens with zero attached hydrogens (tertiary/aromatic N) is 1. The van der Waals surface area contributed by atoms with Crippen LogP contribution in [0.4, 0.5) is 0 Å². The summed E-state index contributed by atoms with van der Waals surface area (Å²) < 4.78 is 0. The second kappa shape index (κ2) is 8.15. The third kappa shape index (κ3) is 4.21. The number of amides is 2. The molecular formula is C16H22ClN3O2. The van der Waals surface area contributed by atoms with Crippen molar-refractivity contribution in [2.75, 3.05) is 26.2 Å². The highest BCUT2D eigenvalue weighted by molar-refractivity contribution is 6.31. The normalized spacial score (nSPS) is 18.1. The molecule has 2 rings (SSSR count). The number of carbonyl (C=O) groups is 2. The maximum Gasteiger partial charge on any atom is 0.242 e. The first-order chi connectivity index (χ1) is 10.6. The lowest BCUT2D eigenvalue weighted by Crippen LogP contribution is -2.51. The molecule has 1 aliphatic rings. The standard InChI is InChI=1S/C16H22ClN3O2/c1-2-5-15(21)19-11-16(22)20-9-8-18-10-14(20)12-6-3-4-7-13(12)17/h3-4,6-7,14,18H,2,5,8-11H2,1H3,(H,19,21). The summed E-state index contributed by atoms with van der Waals surface area (Å²) in [6, 6.07) is 7.46. The van der Waals surface area contributed by atoms with Crippen LogP contribution in [0.25, 0.3) is 0 Å². The number of piperazine rings is 1. The zero-order valence-electron chi connectivity index (χ0n) is 12.8. The van der Waals surface area contributed by atoms with Crippen molar-refractivity contribution in [2.24, 2.45) is 0 Å². The lowest BCUT2D eigenvalue weighted by Gasteiger charge is -2.37. The molecule has 22 heavy (non-hydrogen) atoms. The van der Waals surface area contributed by atoms with Crippen molar-refractivity contribution < 1.29 is 9.59 Å². The third-order valence-electron chi connectivity index (χ3n) is 3.74. The Morgan fingerprint density at radius 3 is 2.91 bits per heavy atom. The molecule has 0 bridgehead atoms. The van der Waals surface area contributed by atoms with Gasteiger partial charge in [0.25, 0.3) is 0 Å². The molecule has 1 heterocycles. The number of hydrogen-bond acceptors (Lipinski definition) is 3. The molecule has 0 saturated carbocycles. The summed E-state index contributed by atoms with van der Waals surface area (Å²) in [5.41, 5.74) is 0.935. The van der Waals surface area contributed by atoms with Gasteiger partial charge in [-0.1, -0.05) is 36.7 Å². The van der Waals surface area contributed by atoms with Gasteiger partial charge in [0, 0.05) is 31.1 Å².